The Labute approximate surface area is 84.7 Å². The molecule has 0 saturated carbocycles. The van der Waals surface area contributed by atoms with Crippen LogP contribution in [0.4, 0.5) is 0 Å². The minimum Gasteiger partial charge on any atom is -0.361 e. The van der Waals surface area contributed by atoms with E-state index in [4.69, 9.17) is 23.2 Å². The summed E-state index contributed by atoms with van der Waals surface area (Å²) in [5.74, 6) is 0. The molecule has 13 heavy (non-hydrogen) atoms. The summed E-state index contributed by atoms with van der Waals surface area (Å²) in [6.07, 6.45) is 1.81. The van der Waals surface area contributed by atoms with Crippen LogP contribution in [0.5, 0.6) is 0 Å². The second-order valence-electron chi connectivity index (χ2n) is 2.46. The van der Waals surface area contributed by atoms with Crippen LogP contribution in [0.2, 0.25) is 10.3 Å². The van der Waals surface area contributed by atoms with Crippen LogP contribution in [0.1, 0.15) is 0 Å². The van der Waals surface area contributed by atoms with Gasteiger partial charge >= 0.3 is 0 Å². The third kappa shape index (κ3) is 1.66. The summed E-state index contributed by atoms with van der Waals surface area (Å²) >= 11 is 11.5. The summed E-state index contributed by atoms with van der Waals surface area (Å²) in [6.45, 7) is 0. The molecular formula is C8H5Cl2N3. The Hall–Kier alpha value is -1.06. The zero-order chi connectivity index (χ0) is 9.26. The van der Waals surface area contributed by atoms with Gasteiger partial charge in [-0.25, -0.2) is 0 Å². The van der Waals surface area contributed by atoms with Crippen molar-refractivity contribution in [2.24, 2.45) is 0 Å². The van der Waals surface area contributed by atoms with Crippen molar-refractivity contribution >= 4 is 23.2 Å². The van der Waals surface area contributed by atoms with Crippen LogP contribution in [0.3, 0.4) is 0 Å². The van der Waals surface area contributed by atoms with E-state index in [1.807, 2.05) is 12.1 Å². The summed E-state index contributed by atoms with van der Waals surface area (Å²) in [5, 5.41) is 7.98. The number of halogens is 2. The Bertz CT molecular complexity index is 411. The normalized spacial score (nSPS) is 10.3. The predicted molar refractivity (Wildman–Crippen MR) is 51.8 cm³/mol. The lowest BCUT2D eigenvalue weighted by molar-refractivity contribution is 1.03. The lowest BCUT2D eigenvalue weighted by Gasteiger charge is -1.99. The van der Waals surface area contributed by atoms with Crippen molar-refractivity contribution in [2.75, 3.05) is 0 Å². The van der Waals surface area contributed by atoms with Crippen LogP contribution in [0.15, 0.2) is 24.4 Å². The lowest BCUT2D eigenvalue weighted by Crippen LogP contribution is -1.87. The molecule has 0 fully saturated rings. The average molecular weight is 214 g/mol. The van der Waals surface area contributed by atoms with E-state index in [0.29, 0.717) is 10.3 Å². The Kier molecular flexibility index (Phi) is 2.20. The van der Waals surface area contributed by atoms with Crippen LogP contribution in [-0.4, -0.2) is 15.2 Å². The van der Waals surface area contributed by atoms with Crippen LogP contribution in [0.25, 0.3) is 11.3 Å². The highest BCUT2D eigenvalue weighted by Gasteiger charge is 2.06. The molecule has 1 N–H and O–H groups in total. The first-order valence-corrected chi connectivity index (χ1v) is 4.35. The number of aromatic nitrogens is 3. The van der Waals surface area contributed by atoms with Gasteiger partial charge in [-0.2, -0.15) is 0 Å². The van der Waals surface area contributed by atoms with Gasteiger partial charge in [0, 0.05) is 17.5 Å². The van der Waals surface area contributed by atoms with Crippen molar-refractivity contribution in [2.45, 2.75) is 0 Å². The van der Waals surface area contributed by atoms with E-state index in [2.05, 4.69) is 15.2 Å². The summed E-state index contributed by atoms with van der Waals surface area (Å²) in [5.41, 5.74) is 1.63. The zero-order valence-corrected chi connectivity index (χ0v) is 7.97. The van der Waals surface area contributed by atoms with Crippen LogP contribution >= 0.6 is 23.2 Å². The number of H-pyrrole nitrogens is 1. The number of nitrogens with zero attached hydrogens (tertiary/aromatic N) is 2. The molecule has 0 atom stereocenters. The molecule has 2 aromatic rings. The minimum atomic E-state index is 0.328. The van der Waals surface area contributed by atoms with Gasteiger partial charge in [0.25, 0.3) is 0 Å². The highest BCUT2D eigenvalue weighted by Crippen LogP contribution is 2.25. The van der Waals surface area contributed by atoms with Crippen LogP contribution in [-0.2, 0) is 0 Å². The molecule has 3 nitrogen and oxygen atoms in total. The third-order valence-corrected chi connectivity index (χ3v) is 2.07. The minimum absolute atomic E-state index is 0.328. The molecule has 0 spiro atoms. The molecule has 0 bridgehead atoms. The molecule has 0 unspecified atom stereocenters. The van der Waals surface area contributed by atoms with Gasteiger partial charge in [0.2, 0.25) is 0 Å². The number of rotatable bonds is 1. The Morgan fingerprint density at radius 3 is 2.77 bits per heavy atom. The zero-order valence-electron chi connectivity index (χ0n) is 6.46. The highest BCUT2D eigenvalue weighted by atomic mass is 35.5. The molecule has 0 amide bonds. The molecule has 5 heteroatoms. The summed E-state index contributed by atoms with van der Waals surface area (Å²) in [4.78, 5) is 3.01. The molecule has 2 aromatic heterocycles. The number of nitrogens with one attached hydrogen (secondary N) is 1. The van der Waals surface area contributed by atoms with Gasteiger partial charge in [0.05, 0.1) is 0 Å². The van der Waals surface area contributed by atoms with Gasteiger partial charge in [0.1, 0.15) is 0 Å². The Balaban J connectivity index is 2.57. The first kappa shape index (κ1) is 8.53. The number of hydrogen-bond acceptors (Lipinski definition) is 2. The van der Waals surface area contributed by atoms with E-state index < -0.39 is 0 Å². The number of aromatic amines is 1. The summed E-state index contributed by atoms with van der Waals surface area (Å²) in [6, 6.07) is 5.43. The molecule has 0 saturated heterocycles. The third-order valence-electron chi connectivity index (χ3n) is 1.61. The fraction of sp³-hybridized carbons (Fsp3) is 0. The topological polar surface area (TPSA) is 41.6 Å². The average Bonchev–Trinajstić information content (AvgIpc) is 2.61. The van der Waals surface area contributed by atoms with Gasteiger partial charge in [0.15, 0.2) is 10.3 Å². The highest BCUT2D eigenvalue weighted by molar-refractivity contribution is 6.33. The largest absolute Gasteiger partial charge is 0.361 e. The van der Waals surface area contributed by atoms with E-state index in [9.17, 15) is 0 Å². The van der Waals surface area contributed by atoms with E-state index in [0.717, 1.165) is 11.3 Å². The second kappa shape index (κ2) is 3.36. The van der Waals surface area contributed by atoms with Gasteiger partial charge in [-0.1, -0.05) is 23.2 Å². The van der Waals surface area contributed by atoms with Crippen molar-refractivity contribution < 1.29 is 0 Å². The quantitative estimate of drug-likeness (QED) is 0.792. The predicted octanol–water partition coefficient (Wildman–Crippen LogP) is 2.78. The fourth-order valence-corrected chi connectivity index (χ4v) is 1.38. The summed E-state index contributed by atoms with van der Waals surface area (Å²) in [7, 11) is 0. The number of hydrogen-bond donors (Lipinski definition) is 1. The maximum atomic E-state index is 5.84. The maximum Gasteiger partial charge on any atom is 0.161 e. The first-order valence-electron chi connectivity index (χ1n) is 3.60. The lowest BCUT2D eigenvalue weighted by atomic mass is 10.2. The molecule has 0 aliphatic carbocycles. The van der Waals surface area contributed by atoms with Crippen molar-refractivity contribution in [3.63, 3.8) is 0 Å². The monoisotopic (exact) mass is 213 g/mol. The molecule has 2 rings (SSSR count). The molecule has 0 aliphatic heterocycles. The van der Waals surface area contributed by atoms with E-state index in [1.54, 1.807) is 12.3 Å². The van der Waals surface area contributed by atoms with Crippen LogP contribution in [0, 0.1) is 0 Å². The smallest absolute Gasteiger partial charge is 0.161 e. The van der Waals surface area contributed by atoms with Gasteiger partial charge in [-0.3, -0.25) is 0 Å². The van der Waals surface area contributed by atoms with E-state index >= 15 is 0 Å². The van der Waals surface area contributed by atoms with Crippen molar-refractivity contribution in [3.8, 4) is 11.3 Å². The van der Waals surface area contributed by atoms with Crippen molar-refractivity contribution in [3.05, 3.63) is 34.7 Å². The second-order valence-corrected chi connectivity index (χ2v) is 3.20. The molecular weight excluding hydrogens is 209 g/mol. The molecule has 0 aliphatic rings. The van der Waals surface area contributed by atoms with Gasteiger partial charge < -0.3 is 4.98 Å². The van der Waals surface area contributed by atoms with Crippen molar-refractivity contribution in [1.29, 1.82) is 0 Å². The van der Waals surface area contributed by atoms with Crippen LogP contribution < -0.4 is 0 Å². The standard InChI is InChI=1S/C8H5Cl2N3/c9-7-4-5(8(10)13-12-7)6-2-1-3-11-6/h1-4,11H. The van der Waals surface area contributed by atoms with E-state index in [-0.39, 0.29) is 0 Å². The maximum absolute atomic E-state index is 5.84. The fourth-order valence-electron chi connectivity index (χ4n) is 1.04. The Morgan fingerprint density at radius 2 is 2.08 bits per heavy atom. The molecule has 66 valence electrons. The molecule has 2 heterocycles. The first-order chi connectivity index (χ1) is 6.27. The SMILES string of the molecule is Clc1cc(-c2ccc[nH]2)c(Cl)nn1. The van der Waals surface area contributed by atoms with Crippen molar-refractivity contribution in [1.82, 2.24) is 15.2 Å². The van der Waals surface area contributed by atoms with Gasteiger partial charge in [-0.15, -0.1) is 10.2 Å². The molecule has 0 radical (unpaired) electrons. The van der Waals surface area contributed by atoms with E-state index in [1.165, 1.54) is 0 Å². The molecule has 0 aromatic carbocycles. The van der Waals surface area contributed by atoms with Gasteiger partial charge in [-0.05, 0) is 18.2 Å². The summed E-state index contributed by atoms with van der Waals surface area (Å²) < 4.78 is 0. The Morgan fingerprint density at radius 1 is 1.23 bits per heavy atom.